The number of rotatable bonds is 2. The van der Waals surface area contributed by atoms with Crippen molar-refractivity contribution in [2.24, 2.45) is 5.92 Å². The van der Waals surface area contributed by atoms with Crippen LogP contribution < -0.4 is 4.90 Å². The Morgan fingerprint density at radius 2 is 2.29 bits per heavy atom. The zero-order chi connectivity index (χ0) is 9.97. The number of hydrogen-bond acceptors (Lipinski definition) is 3. The maximum absolute atomic E-state index is 4.52. The Bertz CT molecular complexity index is 292. The van der Waals surface area contributed by atoms with Crippen LogP contribution in [0, 0.1) is 12.8 Å². The smallest absolute Gasteiger partial charge is 0.185 e. The standard InChI is InChI=1S/C10H15BrN2S/c1-8-7-14-10(12-8)13-4-2-9(6-11)3-5-13/h7,9H,2-6H2,1H3. The average molecular weight is 275 g/mol. The Balaban J connectivity index is 1.95. The normalized spacial score (nSPS) is 18.9. The average Bonchev–Trinajstić information content (AvgIpc) is 2.65. The fraction of sp³-hybridized carbons (Fsp3) is 0.700. The van der Waals surface area contributed by atoms with Crippen LogP contribution in [0.15, 0.2) is 5.38 Å². The largest absolute Gasteiger partial charge is 0.348 e. The Hall–Kier alpha value is -0.0900. The molecule has 0 bridgehead atoms. The van der Waals surface area contributed by atoms with E-state index in [1.54, 1.807) is 11.3 Å². The minimum absolute atomic E-state index is 0.868. The van der Waals surface area contributed by atoms with E-state index >= 15 is 0 Å². The molecule has 14 heavy (non-hydrogen) atoms. The second-order valence-corrected chi connectivity index (χ2v) is 5.34. The summed E-state index contributed by atoms with van der Waals surface area (Å²) in [7, 11) is 0. The first-order valence-corrected chi connectivity index (χ1v) is 7.02. The number of aryl methyl sites for hydroxylation is 1. The highest BCUT2D eigenvalue weighted by Crippen LogP contribution is 2.26. The molecule has 1 aliphatic rings. The summed E-state index contributed by atoms with van der Waals surface area (Å²) in [4.78, 5) is 6.93. The van der Waals surface area contributed by atoms with E-state index in [2.05, 4.69) is 38.1 Å². The molecule has 0 aliphatic carbocycles. The minimum atomic E-state index is 0.868. The maximum Gasteiger partial charge on any atom is 0.185 e. The van der Waals surface area contributed by atoms with Crippen LogP contribution in [0.5, 0.6) is 0 Å². The van der Waals surface area contributed by atoms with Gasteiger partial charge in [0.15, 0.2) is 5.13 Å². The molecule has 78 valence electrons. The zero-order valence-electron chi connectivity index (χ0n) is 8.37. The van der Waals surface area contributed by atoms with Crippen LogP contribution in [-0.2, 0) is 0 Å². The van der Waals surface area contributed by atoms with Gasteiger partial charge in [0.1, 0.15) is 0 Å². The van der Waals surface area contributed by atoms with Crippen molar-refractivity contribution in [3.05, 3.63) is 11.1 Å². The van der Waals surface area contributed by atoms with Crippen molar-refractivity contribution in [1.82, 2.24) is 4.98 Å². The number of thiazole rings is 1. The van der Waals surface area contributed by atoms with Crippen molar-refractivity contribution in [3.63, 3.8) is 0 Å². The molecule has 2 heterocycles. The molecule has 0 N–H and O–H groups in total. The second-order valence-electron chi connectivity index (χ2n) is 3.86. The Morgan fingerprint density at radius 1 is 1.57 bits per heavy atom. The van der Waals surface area contributed by atoms with Crippen molar-refractivity contribution in [2.45, 2.75) is 19.8 Å². The van der Waals surface area contributed by atoms with Gasteiger partial charge in [-0.3, -0.25) is 0 Å². The molecule has 0 aromatic carbocycles. The van der Waals surface area contributed by atoms with E-state index in [0.29, 0.717) is 0 Å². The highest BCUT2D eigenvalue weighted by Gasteiger charge is 2.19. The van der Waals surface area contributed by atoms with Crippen LogP contribution in [0.25, 0.3) is 0 Å². The summed E-state index contributed by atoms with van der Waals surface area (Å²) in [5.74, 6) is 0.868. The van der Waals surface area contributed by atoms with Gasteiger partial charge >= 0.3 is 0 Å². The number of alkyl halides is 1. The first kappa shape index (κ1) is 10.4. The molecule has 2 rings (SSSR count). The van der Waals surface area contributed by atoms with Gasteiger partial charge in [-0.15, -0.1) is 11.3 Å². The SMILES string of the molecule is Cc1csc(N2CCC(CBr)CC2)n1. The van der Waals surface area contributed by atoms with Gasteiger partial charge in [0.25, 0.3) is 0 Å². The van der Waals surface area contributed by atoms with E-state index < -0.39 is 0 Å². The van der Waals surface area contributed by atoms with Crippen molar-refractivity contribution in [3.8, 4) is 0 Å². The highest BCUT2D eigenvalue weighted by atomic mass is 79.9. The molecule has 4 heteroatoms. The van der Waals surface area contributed by atoms with Crippen LogP contribution in [0.4, 0.5) is 5.13 Å². The van der Waals surface area contributed by atoms with Gasteiger partial charge in [0, 0.05) is 23.8 Å². The summed E-state index contributed by atoms with van der Waals surface area (Å²) in [6, 6.07) is 0. The molecule has 2 nitrogen and oxygen atoms in total. The molecule has 1 aliphatic heterocycles. The molecular formula is C10H15BrN2S. The topological polar surface area (TPSA) is 16.1 Å². The van der Waals surface area contributed by atoms with Crippen LogP contribution in [-0.4, -0.2) is 23.4 Å². The number of nitrogens with zero attached hydrogens (tertiary/aromatic N) is 2. The summed E-state index contributed by atoms with van der Waals surface area (Å²) < 4.78 is 0. The van der Waals surface area contributed by atoms with E-state index in [1.165, 1.54) is 31.1 Å². The van der Waals surface area contributed by atoms with Crippen LogP contribution in [0.3, 0.4) is 0 Å². The van der Waals surface area contributed by atoms with E-state index in [-0.39, 0.29) is 0 Å². The highest BCUT2D eigenvalue weighted by molar-refractivity contribution is 9.09. The molecule has 1 fully saturated rings. The van der Waals surface area contributed by atoms with Gasteiger partial charge < -0.3 is 4.90 Å². The Kier molecular flexibility index (Phi) is 3.44. The fourth-order valence-electron chi connectivity index (χ4n) is 1.77. The second kappa shape index (κ2) is 4.62. The van der Waals surface area contributed by atoms with Gasteiger partial charge in [-0.2, -0.15) is 0 Å². The molecule has 0 amide bonds. The third-order valence-corrected chi connectivity index (χ3v) is 4.65. The molecule has 1 saturated heterocycles. The van der Waals surface area contributed by atoms with Gasteiger partial charge in [-0.1, -0.05) is 15.9 Å². The van der Waals surface area contributed by atoms with E-state index in [1.807, 2.05) is 0 Å². The first-order chi connectivity index (χ1) is 6.79. The number of piperidine rings is 1. The van der Waals surface area contributed by atoms with Gasteiger partial charge in [0.2, 0.25) is 0 Å². The lowest BCUT2D eigenvalue weighted by Gasteiger charge is -2.30. The van der Waals surface area contributed by atoms with Crippen LogP contribution in [0.1, 0.15) is 18.5 Å². The molecule has 1 aromatic rings. The zero-order valence-corrected chi connectivity index (χ0v) is 10.8. The van der Waals surface area contributed by atoms with Crippen molar-refractivity contribution >= 4 is 32.4 Å². The molecule has 1 aromatic heterocycles. The summed E-state index contributed by atoms with van der Waals surface area (Å²) in [5, 5.41) is 4.49. The lowest BCUT2D eigenvalue weighted by atomic mass is 10.00. The van der Waals surface area contributed by atoms with E-state index in [4.69, 9.17) is 0 Å². The Labute approximate surface area is 97.5 Å². The lowest BCUT2D eigenvalue weighted by molar-refractivity contribution is 0.447. The first-order valence-electron chi connectivity index (χ1n) is 5.02. The maximum atomic E-state index is 4.52. The molecule has 0 saturated carbocycles. The van der Waals surface area contributed by atoms with E-state index in [0.717, 1.165) is 16.9 Å². The predicted octanol–water partition coefficient (Wildman–Crippen LogP) is 3.06. The quantitative estimate of drug-likeness (QED) is 0.771. The molecule has 0 atom stereocenters. The van der Waals surface area contributed by atoms with Crippen molar-refractivity contribution in [2.75, 3.05) is 23.3 Å². The summed E-state index contributed by atoms with van der Waals surface area (Å²) in [6.07, 6.45) is 2.59. The molecule has 0 unspecified atom stereocenters. The molecule has 0 radical (unpaired) electrons. The van der Waals surface area contributed by atoms with Crippen LogP contribution in [0.2, 0.25) is 0 Å². The number of anilines is 1. The molecular weight excluding hydrogens is 260 g/mol. The summed E-state index contributed by atoms with van der Waals surface area (Å²) >= 11 is 5.33. The minimum Gasteiger partial charge on any atom is -0.348 e. The third kappa shape index (κ3) is 2.28. The van der Waals surface area contributed by atoms with Gasteiger partial charge in [0.05, 0.1) is 5.69 Å². The monoisotopic (exact) mass is 274 g/mol. The number of hydrogen-bond donors (Lipinski definition) is 0. The lowest BCUT2D eigenvalue weighted by Crippen LogP contribution is -2.34. The van der Waals surface area contributed by atoms with E-state index in [9.17, 15) is 0 Å². The number of aromatic nitrogens is 1. The fourth-order valence-corrected chi connectivity index (χ4v) is 3.27. The molecule has 0 spiro atoms. The van der Waals surface area contributed by atoms with Gasteiger partial charge in [-0.05, 0) is 25.7 Å². The number of halogens is 1. The Morgan fingerprint density at radius 3 is 2.79 bits per heavy atom. The third-order valence-electron chi connectivity index (χ3n) is 2.71. The van der Waals surface area contributed by atoms with Crippen LogP contribution >= 0.6 is 27.3 Å². The van der Waals surface area contributed by atoms with Gasteiger partial charge in [-0.25, -0.2) is 4.98 Å². The summed E-state index contributed by atoms with van der Waals surface area (Å²) in [6.45, 7) is 4.40. The van der Waals surface area contributed by atoms with Crippen molar-refractivity contribution < 1.29 is 0 Å². The summed E-state index contributed by atoms with van der Waals surface area (Å²) in [5.41, 5.74) is 1.15. The van der Waals surface area contributed by atoms with Crippen molar-refractivity contribution in [1.29, 1.82) is 0 Å². The predicted molar refractivity (Wildman–Crippen MR) is 65.6 cm³/mol.